The van der Waals surface area contributed by atoms with Gasteiger partial charge in [0.15, 0.2) is 0 Å². The number of aliphatic hydroxyl groups excluding tert-OH is 1. The van der Waals surface area contributed by atoms with Crippen LogP contribution in [0.3, 0.4) is 0 Å². The van der Waals surface area contributed by atoms with Crippen LogP contribution in [0.1, 0.15) is 113 Å². The lowest BCUT2D eigenvalue weighted by molar-refractivity contribution is -0.144. The van der Waals surface area contributed by atoms with Crippen molar-refractivity contribution in [1.29, 1.82) is 0 Å². The molecule has 20 nitrogen and oxygen atoms in total. The zero-order valence-corrected chi connectivity index (χ0v) is 43.7. The van der Waals surface area contributed by atoms with Crippen LogP contribution in [-0.2, 0) is 49.6 Å². The molecule has 1 fully saturated rings. The average Bonchev–Trinajstić information content (AvgIpc) is 3.79. The van der Waals surface area contributed by atoms with Crippen LogP contribution in [0.15, 0.2) is 30.3 Å². The van der Waals surface area contributed by atoms with Gasteiger partial charge in [-0.15, -0.1) is 0 Å². The van der Waals surface area contributed by atoms with Crippen LogP contribution < -0.4 is 43.0 Å². The number of nitrogens with zero attached hydrogens (tertiary/aromatic N) is 1. The molecule has 1 saturated heterocycles. The Bertz CT molecular complexity index is 1920. The van der Waals surface area contributed by atoms with E-state index in [0.29, 0.717) is 18.6 Å². The maximum atomic E-state index is 14.4. The van der Waals surface area contributed by atoms with Crippen molar-refractivity contribution >= 4 is 65.0 Å². The maximum absolute atomic E-state index is 14.4. The molecule has 1 aliphatic heterocycles. The number of amides is 8. The quantitative estimate of drug-likeness (QED) is 0.0536. The molecule has 0 saturated carbocycles. The Morgan fingerprint density at radius 2 is 1.23 bits per heavy atom. The third kappa shape index (κ3) is 19.5. The zero-order chi connectivity index (χ0) is 53.0. The number of carbonyl (C=O) groups is 9. The lowest BCUT2D eigenvalue weighted by atomic mass is 9.97. The van der Waals surface area contributed by atoms with E-state index in [2.05, 4.69) is 37.2 Å². The molecule has 0 spiro atoms. The largest absolute Gasteiger partial charge is 0.480 e. The van der Waals surface area contributed by atoms with E-state index >= 15 is 0 Å². The normalized spacial score (nSPS) is 17.9. The number of hydrogen-bond acceptors (Lipinski definition) is 12. The Hall–Kier alpha value is -5.28. The summed E-state index contributed by atoms with van der Waals surface area (Å²) in [7, 11) is 0. The van der Waals surface area contributed by atoms with Gasteiger partial charge >= 0.3 is 5.97 Å². The number of thioether (sulfide) groups is 1. The predicted molar refractivity (Wildman–Crippen MR) is 268 cm³/mol. The van der Waals surface area contributed by atoms with E-state index in [1.807, 2.05) is 64.3 Å². The number of benzene rings is 1. The van der Waals surface area contributed by atoms with Crippen LogP contribution >= 0.6 is 11.8 Å². The first kappa shape index (κ1) is 60.8. The molecule has 8 amide bonds. The molecule has 0 radical (unpaired) electrons. The summed E-state index contributed by atoms with van der Waals surface area (Å²) in [6.45, 7) is 17.1. The van der Waals surface area contributed by atoms with Crippen LogP contribution in [0.5, 0.6) is 0 Å². The highest BCUT2D eigenvalue weighted by Crippen LogP contribution is 2.22. The first-order valence-electron chi connectivity index (χ1n) is 24.4. The molecule has 21 heteroatoms. The smallest absolute Gasteiger partial charge is 0.326 e. The van der Waals surface area contributed by atoms with E-state index in [9.17, 15) is 53.4 Å². The highest BCUT2D eigenvalue weighted by atomic mass is 32.2. The number of aliphatic carboxylic acids is 1. The molecule has 1 aliphatic rings. The summed E-state index contributed by atoms with van der Waals surface area (Å²) in [6, 6.07) is -1.11. The molecule has 1 aromatic rings. The zero-order valence-electron chi connectivity index (χ0n) is 42.8. The first-order chi connectivity index (χ1) is 32.8. The number of carboxylic acids is 1. The second kappa shape index (κ2) is 29.8. The molecule has 0 aromatic heterocycles. The van der Waals surface area contributed by atoms with E-state index < -0.39 is 126 Å². The fourth-order valence-electron chi connectivity index (χ4n) is 7.95. The van der Waals surface area contributed by atoms with Crippen molar-refractivity contribution in [2.45, 2.75) is 175 Å². The van der Waals surface area contributed by atoms with Crippen LogP contribution in [0.25, 0.3) is 0 Å². The van der Waals surface area contributed by atoms with E-state index in [1.54, 1.807) is 27.7 Å². The third-order valence-electron chi connectivity index (χ3n) is 12.2. The molecule has 1 aromatic carbocycles. The van der Waals surface area contributed by atoms with Gasteiger partial charge in [0, 0.05) is 6.54 Å². The van der Waals surface area contributed by atoms with Crippen molar-refractivity contribution in [1.82, 2.24) is 42.1 Å². The number of carbonyl (C=O) groups excluding carboxylic acids is 8. The van der Waals surface area contributed by atoms with Gasteiger partial charge in [0.25, 0.3) is 0 Å². The van der Waals surface area contributed by atoms with Crippen LogP contribution in [-0.4, -0.2) is 147 Å². The summed E-state index contributed by atoms with van der Waals surface area (Å²) in [5.41, 5.74) is 7.12. The SMILES string of the molecule is CC[C@H](C)[C@H](NC(=O)[C@H](CCSC)NC(=O)[C@@H]1CCCN1C(=O)[C@H](CC(C)C)NC(=O)[C@H](CC(C)C)NC(=O)[C@@H](N)Cc1ccccc1)C(=O)N[C@@H](C)C(=O)N[C@H](C(=O)N[C@H](C(=O)O)C(C)C)[C@@H](C)O. The molecule has 2 rings (SSSR count). The van der Waals surface area contributed by atoms with Gasteiger partial charge in [-0.25, -0.2) is 4.79 Å². The minimum Gasteiger partial charge on any atom is -0.480 e. The lowest BCUT2D eigenvalue weighted by Crippen LogP contribution is -2.61. The van der Waals surface area contributed by atoms with Gasteiger partial charge in [0.1, 0.15) is 48.3 Å². The van der Waals surface area contributed by atoms with E-state index in [4.69, 9.17) is 5.73 Å². The fourth-order valence-corrected chi connectivity index (χ4v) is 8.42. The molecule has 0 bridgehead atoms. The number of aliphatic hydroxyl groups is 1. The standard InChI is InChI=1S/C49H81N9O11S/c1-12-29(8)39(46(65)51-30(9)41(60)57-40(31(10)59)47(66)55-38(28(6)7)49(68)69)56-43(62)34(20-22-70-11)52-45(64)37-19-16-21-58(37)48(67)36(24-27(4)5)54-44(63)35(23-26(2)3)53-42(61)33(50)25-32-17-14-13-15-18-32/h13-15,17-18,26-31,33-40,59H,12,16,19-25,50H2,1-11H3,(H,51,65)(H,52,64)(H,53,61)(H,54,63)(H,55,66)(H,56,62)(H,57,60)(H,68,69)/t29-,30-,31+,33-,34-,35-,36-,37-,38-,39-,40-/m0/s1. The summed E-state index contributed by atoms with van der Waals surface area (Å²) in [4.78, 5) is 123. The summed E-state index contributed by atoms with van der Waals surface area (Å²) in [5.74, 6) is -7.22. The van der Waals surface area contributed by atoms with Crippen molar-refractivity contribution in [2.24, 2.45) is 29.4 Å². The van der Waals surface area contributed by atoms with E-state index in [1.165, 1.54) is 30.5 Å². The van der Waals surface area contributed by atoms with E-state index in [-0.39, 0.29) is 50.5 Å². The molecular weight excluding hydrogens is 923 g/mol. The number of likely N-dealkylation sites (tertiary alicyclic amines) is 1. The average molecular weight is 1000 g/mol. The van der Waals surface area contributed by atoms with Gasteiger partial charge in [-0.1, -0.05) is 92.1 Å². The summed E-state index contributed by atoms with van der Waals surface area (Å²) < 4.78 is 0. The molecule has 0 aliphatic carbocycles. The van der Waals surface area contributed by atoms with E-state index in [0.717, 1.165) is 5.56 Å². The first-order valence-corrected chi connectivity index (χ1v) is 25.8. The molecule has 1 heterocycles. The second-order valence-electron chi connectivity index (χ2n) is 19.6. The fraction of sp³-hybridized carbons (Fsp3) is 0.694. The van der Waals surface area contributed by atoms with Gasteiger partial charge in [-0.05, 0) is 93.6 Å². The van der Waals surface area contributed by atoms with Crippen LogP contribution in [0, 0.1) is 23.7 Å². The Morgan fingerprint density at radius 1 is 0.686 bits per heavy atom. The number of carboxylic acid groups (broad SMARTS) is 1. The number of nitrogens with two attached hydrogens (primary N) is 1. The number of hydrogen-bond donors (Lipinski definition) is 10. The van der Waals surface area contributed by atoms with Crippen LogP contribution in [0.4, 0.5) is 0 Å². The molecule has 0 unspecified atom stereocenters. The van der Waals surface area contributed by atoms with Crippen molar-refractivity contribution < 1.29 is 53.4 Å². The van der Waals surface area contributed by atoms with Crippen molar-refractivity contribution in [3.63, 3.8) is 0 Å². The Balaban J connectivity index is 2.25. The summed E-state index contributed by atoms with van der Waals surface area (Å²) >= 11 is 1.43. The Morgan fingerprint density at radius 3 is 1.77 bits per heavy atom. The second-order valence-corrected chi connectivity index (χ2v) is 20.6. The van der Waals surface area contributed by atoms with Gasteiger partial charge in [-0.2, -0.15) is 11.8 Å². The monoisotopic (exact) mass is 1000 g/mol. The highest BCUT2D eigenvalue weighted by Gasteiger charge is 2.41. The van der Waals surface area contributed by atoms with Gasteiger partial charge in [-0.3, -0.25) is 38.4 Å². The molecule has 11 N–H and O–H groups in total. The van der Waals surface area contributed by atoms with Gasteiger partial charge in [0.05, 0.1) is 12.1 Å². The maximum Gasteiger partial charge on any atom is 0.326 e. The minimum absolute atomic E-state index is 0.00337. The Kier molecular flexibility index (Phi) is 25.9. The number of nitrogens with one attached hydrogen (secondary N) is 7. The van der Waals surface area contributed by atoms with Crippen molar-refractivity contribution in [2.75, 3.05) is 18.6 Å². The van der Waals surface area contributed by atoms with Crippen molar-refractivity contribution in [3.8, 4) is 0 Å². The third-order valence-corrected chi connectivity index (χ3v) is 12.9. The minimum atomic E-state index is -1.55. The number of rotatable bonds is 29. The molecule has 11 atom stereocenters. The summed E-state index contributed by atoms with van der Waals surface area (Å²) in [6.07, 6.45) is 2.53. The summed E-state index contributed by atoms with van der Waals surface area (Å²) in [5, 5.41) is 38.3. The predicted octanol–water partition coefficient (Wildman–Crippen LogP) is 0.974. The molecular formula is C49H81N9O11S. The van der Waals surface area contributed by atoms with Gasteiger partial charge < -0.3 is 58.1 Å². The highest BCUT2D eigenvalue weighted by molar-refractivity contribution is 7.98. The lowest BCUT2D eigenvalue weighted by Gasteiger charge is -2.32. The van der Waals surface area contributed by atoms with Crippen molar-refractivity contribution in [3.05, 3.63) is 35.9 Å². The molecule has 70 heavy (non-hydrogen) atoms. The molecule has 394 valence electrons. The Labute approximate surface area is 417 Å². The van der Waals surface area contributed by atoms with Gasteiger partial charge in [0.2, 0.25) is 47.3 Å². The topological polar surface area (TPSA) is 308 Å². The van der Waals surface area contributed by atoms with Crippen LogP contribution in [0.2, 0.25) is 0 Å².